The van der Waals surface area contributed by atoms with E-state index >= 15 is 4.39 Å². The number of nitrogen functional groups attached to an aromatic ring is 1. The number of alkyl halides is 1. The predicted molar refractivity (Wildman–Crippen MR) is 146 cm³/mol. The van der Waals surface area contributed by atoms with Crippen LogP contribution in [-0.2, 0) is 25.5 Å². The van der Waals surface area contributed by atoms with Gasteiger partial charge in [0.2, 0.25) is 0 Å². The number of nitrogens with two attached hydrogens (primary N) is 1. The number of anilines is 1. The van der Waals surface area contributed by atoms with Gasteiger partial charge in [0.25, 0.3) is 5.60 Å². The fourth-order valence-electron chi connectivity index (χ4n) is 4.85. The Bertz CT molecular complexity index is 1680. The van der Waals surface area contributed by atoms with E-state index in [4.69, 9.17) is 20.3 Å². The molecule has 1 aliphatic heterocycles. The standard InChI is InChI=1S/C28H26FN5O9/c1-13-32-22(30)20-23(33-13)34(12-31-20)24-19(29)21(35)18(43-24)11-42-28(26(38)39,27(40)41)10-14-2-4-15(5-3-14)16-6-8-17(9-7-16)25(36)37/h2-9,12,18-19,21,24,35H,10-11H2,1H3,(H,36,37)(H,38,39)(H,40,41)(H2,30,32,33)/t18-,19+,21-,24-/m1/s1. The van der Waals surface area contributed by atoms with Gasteiger partial charge >= 0.3 is 17.9 Å². The van der Waals surface area contributed by atoms with E-state index in [9.17, 15) is 29.7 Å². The molecule has 0 amide bonds. The fraction of sp³-hybridized carbons (Fsp3) is 0.286. The molecule has 4 atom stereocenters. The molecule has 4 aromatic rings. The minimum absolute atomic E-state index is 0.0620. The van der Waals surface area contributed by atoms with Gasteiger partial charge < -0.3 is 35.6 Å². The average molecular weight is 596 g/mol. The summed E-state index contributed by atoms with van der Waals surface area (Å²) in [6.07, 6.45) is -6.09. The summed E-state index contributed by atoms with van der Waals surface area (Å²) < 4.78 is 27.5. The van der Waals surface area contributed by atoms with Gasteiger partial charge in [0.05, 0.1) is 18.5 Å². The number of aryl methyl sites for hydroxylation is 1. The summed E-state index contributed by atoms with van der Waals surface area (Å²) in [5, 5.41) is 39.5. The Morgan fingerprint density at radius 2 is 1.63 bits per heavy atom. The van der Waals surface area contributed by atoms with Gasteiger partial charge in [-0.3, -0.25) is 4.57 Å². The summed E-state index contributed by atoms with van der Waals surface area (Å²) in [7, 11) is 0. The molecule has 14 nitrogen and oxygen atoms in total. The van der Waals surface area contributed by atoms with E-state index in [2.05, 4.69) is 15.0 Å². The number of aromatic carboxylic acids is 1. The van der Waals surface area contributed by atoms with Crippen LogP contribution in [0.5, 0.6) is 0 Å². The van der Waals surface area contributed by atoms with Crippen LogP contribution >= 0.6 is 0 Å². The van der Waals surface area contributed by atoms with Gasteiger partial charge in [-0.1, -0.05) is 36.4 Å². The number of carbonyl (C=O) groups is 3. The van der Waals surface area contributed by atoms with Crippen molar-refractivity contribution in [3.63, 3.8) is 0 Å². The van der Waals surface area contributed by atoms with E-state index in [0.29, 0.717) is 16.7 Å². The van der Waals surface area contributed by atoms with Crippen LogP contribution in [0, 0.1) is 6.92 Å². The monoisotopic (exact) mass is 595 g/mol. The number of fused-ring (bicyclic) bond motifs is 1. The largest absolute Gasteiger partial charge is 0.479 e. The normalized spacial score (nSPS) is 20.3. The van der Waals surface area contributed by atoms with Gasteiger partial charge in [-0.2, -0.15) is 0 Å². The van der Waals surface area contributed by atoms with Gasteiger partial charge in [-0.15, -0.1) is 0 Å². The Morgan fingerprint density at radius 3 is 2.21 bits per heavy atom. The van der Waals surface area contributed by atoms with E-state index in [-0.39, 0.29) is 28.4 Å². The third kappa shape index (κ3) is 5.48. The maximum atomic E-state index is 15.2. The quantitative estimate of drug-likeness (QED) is 0.165. The molecule has 15 heteroatoms. The summed E-state index contributed by atoms with van der Waals surface area (Å²) in [4.78, 5) is 47.9. The van der Waals surface area contributed by atoms with Crippen LogP contribution in [0.15, 0.2) is 54.9 Å². The lowest BCUT2D eigenvalue weighted by Gasteiger charge is -2.27. The minimum atomic E-state index is -2.79. The predicted octanol–water partition coefficient (Wildman–Crippen LogP) is 1.85. The first-order valence-electron chi connectivity index (χ1n) is 12.9. The van der Waals surface area contributed by atoms with Crippen LogP contribution in [0.2, 0.25) is 0 Å². The number of ether oxygens (including phenoxy) is 2. The van der Waals surface area contributed by atoms with Crippen molar-refractivity contribution in [2.75, 3.05) is 12.3 Å². The Morgan fingerprint density at radius 1 is 1.02 bits per heavy atom. The van der Waals surface area contributed by atoms with Crippen LogP contribution in [-0.4, -0.2) is 88.4 Å². The van der Waals surface area contributed by atoms with Crippen molar-refractivity contribution >= 4 is 34.9 Å². The van der Waals surface area contributed by atoms with Crippen LogP contribution in [0.4, 0.5) is 10.2 Å². The molecule has 0 unspecified atom stereocenters. The zero-order valence-corrected chi connectivity index (χ0v) is 22.5. The van der Waals surface area contributed by atoms with Crippen LogP contribution in [0.1, 0.15) is 28.0 Å². The number of nitrogens with zero attached hydrogens (tertiary/aromatic N) is 4. The smallest absolute Gasteiger partial charge is 0.348 e. The summed E-state index contributed by atoms with van der Waals surface area (Å²) in [6.45, 7) is 0.804. The molecule has 6 N–H and O–H groups in total. The van der Waals surface area contributed by atoms with E-state index in [1.807, 2.05) is 0 Å². The molecule has 224 valence electrons. The SMILES string of the molecule is Cc1nc(N)c2ncn([C@@H]3O[C@H](COC(Cc4ccc(-c5ccc(C(=O)O)cc5)cc4)(C(=O)O)C(=O)O)[C@@H](O)[C@@H]3F)c2n1. The second-order valence-electron chi connectivity index (χ2n) is 9.98. The first kappa shape index (κ1) is 29.5. The van der Waals surface area contributed by atoms with Crippen molar-refractivity contribution < 1.29 is 48.7 Å². The number of imidazole rings is 1. The average Bonchev–Trinajstić information content (AvgIpc) is 3.51. The highest BCUT2D eigenvalue weighted by Gasteiger charge is 2.52. The third-order valence-electron chi connectivity index (χ3n) is 7.19. The molecule has 1 fully saturated rings. The number of aliphatic carboxylic acids is 2. The minimum Gasteiger partial charge on any atom is -0.479 e. The number of carboxylic acid groups (broad SMARTS) is 3. The molecule has 3 heterocycles. The second kappa shape index (κ2) is 11.4. The summed E-state index contributed by atoms with van der Waals surface area (Å²) in [5.74, 6) is -4.34. The second-order valence-corrected chi connectivity index (χ2v) is 9.98. The number of carboxylic acids is 3. The molecule has 1 aliphatic rings. The summed E-state index contributed by atoms with van der Waals surface area (Å²) in [5.41, 5.74) is 5.18. The lowest BCUT2D eigenvalue weighted by atomic mass is 9.92. The van der Waals surface area contributed by atoms with Crippen LogP contribution in [0.25, 0.3) is 22.3 Å². The van der Waals surface area contributed by atoms with Crippen molar-refractivity contribution in [1.82, 2.24) is 19.5 Å². The highest BCUT2D eigenvalue weighted by molar-refractivity contribution is 6.02. The fourth-order valence-corrected chi connectivity index (χ4v) is 4.85. The van der Waals surface area contributed by atoms with Crippen molar-refractivity contribution in [2.24, 2.45) is 0 Å². The van der Waals surface area contributed by atoms with Crippen molar-refractivity contribution in [3.8, 4) is 11.1 Å². The van der Waals surface area contributed by atoms with Gasteiger partial charge in [-0.05, 0) is 35.7 Å². The van der Waals surface area contributed by atoms with E-state index in [1.165, 1.54) is 35.2 Å². The molecule has 0 spiro atoms. The van der Waals surface area contributed by atoms with Crippen molar-refractivity contribution in [1.29, 1.82) is 0 Å². The summed E-state index contributed by atoms with van der Waals surface area (Å²) >= 11 is 0. The van der Waals surface area contributed by atoms with Gasteiger partial charge in [0, 0.05) is 6.42 Å². The number of aliphatic hydroxyl groups excluding tert-OH is 1. The zero-order valence-electron chi connectivity index (χ0n) is 22.5. The Labute approximate surface area is 242 Å². The van der Waals surface area contributed by atoms with Crippen LogP contribution < -0.4 is 5.73 Å². The van der Waals surface area contributed by atoms with Gasteiger partial charge in [0.1, 0.15) is 23.5 Å². The van der Waals surface area contributed by atoms with Crippen molar-refractivity contribution in [2.45, 2.75) is 43.6 Å². The number of hydrogen-bond donors (Lipinski definition) is 5. The molecule has 2 aromatic carbocycles. The number of hydrogen-bond acceptors (Lipinski definition) is 10. The number of benzene rings is 2. The lowest BCUT2D eigenvalue weighted by molar-refractivity contribution is -0.190. The topological polar surface area (TPSA) is 220 Å². The number of aliphatic hydroxyl groups is 1. The maximum absolute atomic E-state index is 15.2. The highest BCUT2D eigenvalue weighted by Crippen LogP contribution is 2.35. The Balaban J connectivity index is 1.33. The molecule has 43 heavy (non-hydrogen) atoms. The lowest BCUT2D eigenvalue weighted by Crippen LogP contribution is -2.52. The maximum Gasteiger partial charge on any atom is 0.348 e. The third-order valence-corrected chi connectivity index (χ3v) is 7.19. The molecule has 0 aliphatic carbocycles. The first-order valence-corrected chi connectivity index (χ1v) is 12.9. The zero-order chi connectivity index (χ0) is 31.1. The molecule has 2 aromatic heterocycles. The molecule has 0 radical (unpaired) electrons. The van der Waals surface area contributed by atoms with E-state index in [1.54, 1.807) is 31.2 Å². The van der Waals surface area contributed by atoms with E-state index in [0.717, 1.165) is 0 Å². The molecule has 0 saturated carbocycles. The number of rotatable bonds is 10. The Kier molecular flexibility index (Phi) is 7.79. The first-order chi connectivity index (χ1) is 20.4. The molecule has 1 saturated heterocycles. The molecule has 0 bridgehead atoms. The molecule has 5 rings (SSSR count). The Hall–Kier alpha value is -4.99. The van der Waals surface area contributed by atoms with Gasteiger partial charge in [-0.25, -0.2) is 33.7 Å². The van der Waals surface area contributed by atoms with Gasteiger partial charge in [0.15, 0.2) is 23.9 Å². The van der Waals surface area contributed by atoms with E-state index < -0.39 is 61.1 Å². The molecular formula is C28H26FN5O9. The number of halogens is 1. The number of aromatic nitrogens is 4. The molecular weight excluding hydrogens is 569 g/mol. The highest BCUT2D eigenvalue weighted by atomic mass is 19.1. The summed E-state index contributed by atoms with van der Waals surface area (Å²) in [6, 6.07) is 12.3. The van der Waals surface area contributed by atoms with Crippen LogP contribution in [0.3, 0.4) is 0 Å². The van der Waals surface area contributed by atoms with Crippen molar-refractivity contribution in [3.05, 3.63) is 71.8 Å².